The molecule has 110 valence electrons. The summed E-state index contributed by atoms with van der Waals surface area (Å²) in [5.41, 5.74) is 0. The number of nitrogens with zero attached hydrogens (tertiary/aromatic N) is 1. The predicted octanol–water partition coefficient (Wildman–Crippen LogP) is 0.797. The predicted molar refractivity (Wildman–Crippen MR) is 75.1 cm³/mol. The van der Waals surface area contributed by atoms with E-state index < -0.39 is 10.0 Å². The van der Waals surface area contributed by atoms with E-state index >= 15 is 0 Å². The fraction of sp³-hybridized carbons (Fsp3) is 1.00. The average Bonchev–Trinajstić information content (AvgIpc) is 2.23. The topological polar surface area (TPSA) is 69.6 Å². The molecule has 0 saturated heterocycles. The second-order valence-corrected chi connectivity index (χ2v) is 7.00. The average molecular weight is 280 g/mol. The summed E-state index contributed by atoms with van der Waals surface area (Å²) in [6.45, 7) is 9.63. The third kappa shape index (κ3) is 8.02. The molecule has 0 atom stereocenters. The highest BCUT2D eigenvalue weighted by molar-refractivity contribution is 7.89. The maximum Gasteiger partial charge on any atom is 0.211 e. The van der Waals surface area contributed by atoms with Gasteiger partial charge in [-0.05, 0) is 40.5 Å². The normalized spacial score (nSPS) is 12.9. The van der Waals surface area contributed by atoms with Gasteiger partial charge in [0.15, 0.2) is 0 Å². The number of hydrogen-bond donors (Lipinski definition) is 2. The van der Waals surface area contributed by atoms with E-state index in [-0.39, 0.29) is 12.4 Å². The Morgan fingerprint density at radius 2 is 1.67 bits per heavy atom. The Morgan fingerprint density at radius 3 is 2.11 bits per heavy atom. The van der Waals surface area contributed by atoms with E-state index in [1.165, 1.54) is 0 Å². The molecule has 0 radical (unpaired) electrons. The van der Waals surface area contributed by atoms with Gasteiger partial charge in [-0.15, -0.1) is 0 Å². The summed E-state index contributed by atoms with van der Waals surface area (Å²) in [6.07, 6.45) is 1.04. The van der Waals surface area contributed by atoms with Crippen LogP contribution in [-0.2, 0) is 10.0 Å². The molecule has 6 heteroatoms. The summed E-state index contributed by atoms with van der Waals surface area (Å²) < 4.78 is 25.8. The number of unbranched alkanes of at least 4 members (excludes halogenated alkanes) is 1. The molecule has 0 heterocycles. The number of sulfonamides is 1. The summed E-state index contributed by atoms with van der Waals surface area (Å²) in [4.78, 5) is 2.25. The molecular weight excluding hydrogens is 252 g/mol. The van der Waals surface area contributed by atoms with Crippen LogP contribution in [0.15, 0.2) is 0 Å². The van der Waals surface area contributed by atoms with Crippen LogP contribution in [0.1, 0.15) is 40.5 Å². The van der Waals surface area contributed by atoms with E-state index in [2.05, 4.69) is 37.3 Å². The van der Waals surface area contributed by atoms with Crippen LogP contribution < -0.4 is 4.72 Å². The molecule has 18 heavy (non-hydrogen) atoms. The van der Waals surface area contributed by atoms with E-state index in [9.17, 15) is 8.42 Å². The Balaban J connectivity index is 4.01. The fourth-order valence-electron chi connectivity index (χ4n) is 1.92. The molecule has 0 fully saturated rings. The summed E-state index contributed by atoms with van der Waals surface area (Å²) in [5.74, 6) is 0.0942. The second kappa shape index (κ2) is 8.85. The SMILES string of the molecule is CC(C)N(CCNS(=O)(=O)CCCCO)C(C)C. The fourth-order valence-corrected chi connectivity index (χ4v) is 3.05. The van der Waals surface area contributed by atoms with E-state index in [0.717, 1.165) is 0 Å². The Hall–Kier alpha value is -0.170. The Bertz CT molecular complexity index is 294. The number of hydrogen-bond acceptors (Lipinski definition) is 4. The van der Waals surface area contributed by atoms with Crippen LogP contribution >= 0.6 is 0 Å². The van der Waals surface area contributed by atoms with Crippen molar-refractivity contribution in [2.45, 2.75) is 52.6 Å². The molecule has 2 N–H and O–H groups in total. The molecular formula is C12H28N2O3S. The lowest BCUT2D eigenvalue weighted by Gasteiger charge is -2.30. The molecule has 0 amide bonds. The lowest BCUT2D eigenvalue weighted by Crippen LogP contribution is -2.42. The summed E-state index contributed by atoms with van der Waals surface area (Å²) in [7, 11) is -3.19. The maximum absolute atomic E-state index is 11.6. The molecule has 0 unspecified atom stereocenters. The van der Waals surface area contributed by atoms with Crippen LogP contribution in [0.5, 0.6) is 0 Å². The molecule has 5 nitrogen and oxygen atoms in total. The van der Waals surface area contributed by atoms with Gasteiger partial charge >= 0.3 is 0 Å². The molecule has 0 aliphatic rings. The maximum atomic E-state index is 11.6. The molecule has 0 aromatic rings. The minimum absolute atomic E-state index is 0.0456. The van der Waals surface area contributed by atoms with Gasteiger partial charge < -0.3 is 5.11 Å². The first kappa shape index (κ1) is 17.8. The van der Waals surface area contributed by atoms with Gasteiger partial charge in [0.25, 0.3) is 0 Å². The molecule has 0 saturated carbocycles. The van der Waals surface area contributed by atoms with Gasteiger partial charge in [0.1, 0.15) is 0 Å². The van der Waals surface area contributed by atoms with E-state index in [0.29, 0.717) is 38.0 Å². The van der Waals surface area contributed by atoms with E-state index in [1.807, 2.05) is 0 Å². The van der Waals surface area contributed by atoms with Crippen molar-refractivity contribution in [1.29, 1.82) is 0 Å². The first-order valence-electron chi connectivity index (χ1n) is 6.64. The summed E-state index contributed by atoms with van der Waals surface area (Å²) >= 11 is 0. The van der Waals surface area contributed by atoms with Crippen molar-refractivity contribution < 1.29 is 13.5 Å². The van der Waals surface area contributed by atoms with Crippen molar-refractivity contribution in [3.05, 3.63) is 0 Å². The zero-order valence-corrected chi connectivity index (χ0v) is 12.8. The van der Waals surface area contributed by atoms with Gasteiger partial charge in [0.2, 0.25) is 10.0 Å². The highest BCUT2D eigenvalue weighted by Crippen LogP contribution is 2.03. The molecule has 0 spiro atoms. The number of aliphatic hydroxyl groups excluding tert-OH is 1. The second-order valence-electron chi connectivity index (χ2n) is 5.07. The third-order valence-electron chi connectivity index (χ3n) is 2.84. The Morgan fingerprint density at radius 1 is 1.11 bits per heavy atom. The monoisotopic (exact) mass is 280 g/mol. The molecule has 0 aromatic heterocycles. The Kier molecular flexibility index (Phi) is 8.77. The highest BCUT2D eigenvalue weighted by atomic mass is 32.2. The molecule has 0 aliphatic heterocycles. The van der Waals surface area contributed by atoms with Crippen molar-refractivity contribution in [3.8, 4) is 0 Å². The van der Waals surface area contributed by atoms with Gasteiger partial charge in [-0.25, -0.2) is 13.1 Å². The number of aliphatic hydroxyl groups is 1. The van der Waals surface area contributed by atoms with Crippen molar-refractivity contribution in [2.24, 2.45) is 0 Å². The first-order chi connectivity index (χ1) is 8.30. The highest BCUT2D eigenvalue weighted by Gasteiger charge is 2.14. The van der Waals surface area contributed by atoms with E-state index in [4.69, 9.17) is 5.11 Å². The first-order valence-corrected chi connectivity index (χ1v) is 8.29. The van der Waals surface area contributed by atoms with Crippen molar-refractivity contribution in [1.82, 2.24) is 9.62 Å². The van der Waals surface area contributed by atoms with Gasteiger partial charge in [-0.3, -0.25) is 4.90 Å². The smallest absolute Gasteiger partial charge is 0.211 e. The van der Waals surface area contributed by atoms with Crippen molar-refractivity contribution >= 4 is 10.0 Å². The minimum atomic E-state index is -3.19. The van der Waals surface area contributed by atoms with Gasteiger partial charge in [-0.2, -0.15) is 0 Å². The largest absolute Gasteiger partial charge is 0.396 e. The zero-order chi connectivity index (χ0) is 14.2. The van der Waals surface area contributed by atoms with Crippen LogP contribution in [-0.4, -0.2) is 56.0 Å². The van der Waals surface area contributed by atoms with Crippen molar-refractivity contribution in [2.75, 3.05) is 25.4 Å². The standard InChI is InChI=1S/C12H28N2O3S/c1-11(2)14(12(3)4)8-7-13-18(16,17)10-6-5-9-15/h11-13,15H,5-10H2,1-4H3. The summed E-state index contributed by atoms with van der Waals surface area (Å²) in [5, 5.41) is 8.61. The van der Waals surface area contributed by atoms with Gasteiger partial charge in [-0.1, -0.05) is 0 Å². The summed E-state index contributed by atoms with van der Waals surface area (Å²) in [6, 6.07) is 0.813. The van der Waals surface area contributed by atoms with Crippen LogP contribution in [0.2, 0.25) is 0 Å². The molecule has 0 aromatic carbocycles. The van der Waals surface area contributed by atoms with E-state index in [1.54, 1.807) is 0 Å². The number of nitrogens with one attached hydrogen (secondary N) is 1. The van der Waals surface area contributed by atoms with Gasteiger partial charge in [0.05, 0.1) is 5.75 Å². The Labute approximate surface area is 112 Å². The van der Waals surface area contributed by atoms with Crippen LogP contribution in [0.3, 0.4) is 0 Å². The zero-order valence-electron chi connectivity index (χ0n) is 12.0. The minimum Gasteiger partial charge on any atom is -0.396 e. The number of rotatable bonds is 10. The van der Waals surface area contributed by atoms with Crippen LogP contribution in [0, 0.1) is 0 Å². The van der Waals surface area contributed by atoms with Crippen molar-refractivity contribution in [3.63, 3.8) is 0 Å². The van der Waals surface area contributed by atoms with Crippen LogP contribution in [0.25, 0.3) is 0 Å². The lowest BCUT2D eigenvalue weighted by atomic mass is 10.2. The third-order valence-corrected chi connectivity index (χ3v) is 4.31. The quantitative estimate of drug-likeness (QED) is 0.581. The van der Waals surface area contributed by atoms with Crippen LogP contribution in [0.4, 0.5) is 0 Å². The lowest BCUT2D eigenvalue weighted by molar-refractivity contribution is 0.179. The molecule has 0 bridgehead atoms. The van der Waals surface area contributed by atoms with Gasteiger partial charge in [0, 0.05) is 31.8 Å². The molecule has 0 aliphatic carbocycles. The molecule has 0 rings (SSSR count).